The van der Waals surface area contributed by atoms with Gasteiger partial charge in [-0.15, -0.1) is 0 Å². The molecule has 0 atom stereocenters. The zero-order chi connectivity index (χ0) is 14.7. The molecule has 0 unspecified atom stereocenters. The number of nitrogens with two attached hydrogens (primary N) is 1. The summed E-state index contributed by atoms with van der Waals surface area (Å²) in [4.78, 5) is 7.52. The van der Waals surface area contributed by atoms with Gasteiger partial charge in [-0.3, -0.25) is 0 Å². The number of nitrogens with one attached hydrogen (secondary N) is 1. The summed E-state index contributed by atoms with van der Waals surface area (Å²) in [6.45, 7) is 4.30. The van der Waals surface area contributed by atoms with E-state index in [1.165, 1.54) is 25.9 Å². The minimum atomic E-state index is 0.386. The third kappa shape index (κ3) is 3.31. The van der Waals surface area contributed by atoms with Crippen LogP contribution < -0.4 is 11.1 Å². The number of anilines is 1. The smallest absolute Gasteiger partial charge is 0.137 e. The number of para-hydroxylation sites is 1. The van der Waals surface area contributed by atoms with Gasteiger partial charge in [-0.1, -0.05) is 30.4 Å². The first kappa shape index (κ1) is 14.2. The van der Waals surface area contributed by atoms with Gasteiger partial charge in [-0.05, 0) is 38.1 Å². The second-order valence-electron chi connectivity index (χ2n) is 5.42. The van der Waals surface area contributed by atoms with Gasteiger partial charge in [-0.2, -0.15) is 0 Å². The summed E-state index contributed by atoms with van der Waals surface area (Å²) < 4.78 is 0. The number of hydrogen-bond donors (Lipinski definition) is 2. The molecule has 1 aliphatic heterocycles. The average molecular weight is 300 g/mol. The highest BCUT2D eigenvalue weighted by molar-refractivity contribution is 7.80. The Bertz CT molecular complexity index is 650. The Morgan fingerprint density at radius 2 is 2.05 bits per heavy atom. The van der Waals surface area contributed by atoms with Crippen LogP contribution in [-0.4, -0.2) is 41.1 Å². The van der Waals surface area contributed by atoms with Crippen molar-refractivity contribution in [1.82, 2.24) is 9.88 Å². The molecule has 0 bridgehead atoms. The Morgan fingerprint density at radius 1 is 1.29 bits per heavy atom. The van der Waals surface area contributed by atoms with E-state index < -0.39 is 0 Å². The highest BCUT2D eigenvalue weighted by Crippen LogP contribution is 2.20. The molecule has 1 aromatic heterocycles. The van der Waals surface area contributed by atoms with E-state index in [4.69, 9.17) is 18.0 Å². The van der Waals surface area contributed by atoms with E-state index in [1.54, 1.807) is 0 Å². The van der Waals surface area contributed by atoms with Crippen molar-refractivity contribution in [3.63, 3.8) is 0 Å². The number of pyridine rings is 1. The second kappa shape index (κ2) is 6.37. The van der Waals surface area contributed by atoms with Crippen molar-refractivity contribution in [1.29, 1.82) is 0 Å². The third-order valence-corrected chi connectivity index (χ3v) is 4.13. The van der Waals surface area contributed by atoms with Crippen molar-refractivity contribution in [3.05, 3.63) is 35.9 Å². The molecule has 0 spiro atoms. The van der Waals surface area contributed by atoms with Gasteiger partial charge in [0.15, 0.2) is 0 Å². The summed E-state index contributed by atoms with van der Waals surface area (Å²) in [6, 6.07) is 10.0. The highest BCUT2D eigenvalue weighted by Gasteiger charge is 2.12. The van der Waals surface area contributed by atoms with Crippen molar-refractivity contribution in [2.24, 2.45) is 5.73 Å². The molecular weight excluding hydrogens is 280 g/mol. The fraction of sp³-hybridized carbons (Fsp3) is 0.375. The van der Waals surface area contributed by atoms with Gasteiger partial charge < -0.3 is 16.0 Å². The molecule has 1 saturated heterocycles. The predicted molar refractivity (Wildman–Crippen MR) is 91.8 cm³/mol. The molecule has 110 valence electrons. The van der Waals surface area contributed by atoms with Crippen LogP contribution in [0.5, 0.6) is 0 Å². The van der Waals surface area contributed by atoms with Crippen molar-refractivity contribution in [2.45, 2.75) is 12.8 Å². The molecule has 1 fully saturated rings. The van der Waals surface area contributed by atoms with Gasteiger partial charge in [-0.25, -0.2) is 4.98 Å². The summed E-state index contributed by atoms with van der Waals surface area (Å²) >= 11 is 5.16. The van der Waals surface area contributed by atoms with Crippen molar-refractivity contribution >= 4 is 33.9 Å². The number of benzene rings is 1. The van der Waals surface area contributed by atoms with E-state index in [1.807, 2.05) is 30.3 Å². The summed E-state index contributed by atoms with van der Waals surface area (Å²) in [5, 5.41) is 4.45. The Hall–Kier alpha value is -1.72. The van der Waals surface area contributed by atoms with Crippen LogP contribution in [0, 0.1) is 0 Å². The van der Waals surface area contributed by atoms with Crippen LogP contribution in [0.4, 0.5) is 5.82 Å². The molecule has 2 aromatic rings. The van der Waals surface area contributed by atoms with E-state index in [-0.39, 0.29) is 0 Å². The number of aromatic nitrogens is 1. The van der Waals surface area contributed by atoms with Crippen LogP contribution in [0.2, 0.25) is 0 Å². The lowest BCUT2D eigenvalue weighted by atomic mass is 10.1. The summed E-state index contributed by atoms with van der Waals surface area (Å²) in [5.41, 5.74) is 7.62. The summed E-state index contributed by atoms with van der Waals surface area (Å²) in [6.07, 6.45) is 2.62. The molecular formula is C16H20N4S. The zero-order valence-corrected chi connectivity index (χ0v) is 12.8. The molecule has 3 N–H and O–H groups in total. The van der Waals surface area contributed by atoms with E-state index in [0.29, 0.717) is 4.99 Å². The first-order chi connectivity index (χ1) is 10.2. The number of hydrogen-bond acceptors (Lipinski definition) is 4. The van der Waals surface area contributed by atoms with Gasteiger partial charge in [0.1, 0.15) is 10.8 Å². The molecule has 0 radical (unpaired) electrons. The molecule has 4 nitrogen and oxygen atoms in total. The van der Waals surface area contributed by atoms with Gasteiger partial charge >= 0.3 is 0 Å². The topological polar surface area (TPSA) is 54.2 Å². The number of rotatable bonds is 5. The van der Waals surface area contributed by atoms with Gasteiger partial charge in [0.25, 0.3) is 0 Å². The first-order valence-electron chi connectivity index (χ1n) is 7.40. The molecule has 1 aliphatic rings. The van der Waals surface area contributed by atoms with E-state index >= 15 is 0 Å². The van der Waals surface area contributed by atoms with E-state index in [0.717, 1.165) is 35.4 Å². The predicted octanol–water partition coefficient (Wildman–Crippen LogP) is 2.38. The lowest BCUT2D eigenvalue weighted by molar-refractivity contribution is 0.352. The first-order valence-corrected chi connectivity index (χ1v) is 7.81. The number of nitrogens with zero attached hydrogens (tertiary/aromatic N) is 2. The zero-order valence-electron chi connectivity index (χ0n) is 12.0. The Balaban J connectivity index is 1.78. The standard InChI is InChI=1S/C16H20N4S/c17-15(21)13-11-12-5-1-2-6-14(12)19-16(13)18-7-10-20-8-3-4-9-20/h1-2,5-6,11H,3-4,7-10H2,(H2,17,21)(H,18,19). The minimum absolute atomic E-state index is 0.386. The number of thiocarbonyl (C=S) groups is 1. The molecule has 0 saturated carbocycles. The Morgan fingerprint density at radius 3 is 2.81 bits per heavy atom. The molecule has 1 aromatic carbocycles. The molecule has 3 rings (SSSR count). The maximum atomic E-state index is 5.84. The van der Waals surface area contributed by atoms with Crippen LogP contribution in [0.1, 0.15) is 18.4 Å². The summed E-state index contributed by atoms with van der Waals surface area (Å²) in [7, 11) is 0. The lowest BCUT2D eigenvalue weighted by Gasteiger charge is -2.16. The lowest BCUT2D eigenvalue weighted by Crippen LogP contribution is -2.27. The number of fused-ring (bicyclic) bond motifs is 1. The van der Waals surface area contributed by atoms with Gasteiger partial charge in [0.05, 0.1) is 11.1 Å². The largest absolute Gasteiger partial charge is 0.389 e. The van der Waals surface area contributed by atoms with Gasteiger partial charge in [0, 0.05) is 18.5 Å². The molecule has 0 amide bonds. The number of likely N-dealkylation sites (tertiary alicyclic amines) is 1. The van der Waals surface area contributed by atoms with E-state index in [9.17, 15) is 0 Å². The molecule has 0 aliphatic carbocycles. The maximum Gasteiger partial charge on any atom is 0.137 e. The van der Waals surface area contributed by atoms with Crippen LogP contribution in [0.25, 0.3) is 10.9 Å². The Labute approximate surface area is 130 Å². The quantitative estimate of drug-likeness (QED) is 0.830. The monoisotopic (exact) mass is 300 g/mol. The second-order valence-corrected chi connectivity index (χ2v) is 5.86. The fourth-order valence-corrected chi connectivity index (χ4v) is 2.93. The van der Waals surface area contributed by atoms with Gasteiger partial charge in [0.2, 0.25) is 0 Å². The minimum Gasteiger partial charge on any atom is -0.389 e. The van der Waals surface area contributed by atoms with Crippen molar-refractivity contribution in [3.8, 4) is 0 Å². The van der Waals surface area contributed by atoms with Crippen LogP contribution in [0.15, 0.2) is 30.3 Å². The van der Waals surface area contributed by atoms with Crippen LogP contribution in [-0.2, 0) is 0 Å². The normalized spacial score (nSPS) is 15.4. The summed E-state index contributed by atoms with van der Waals surface area (Å²) in [5.74, 6) is 0.792. The van der Waals surface area contributed by atoms with Crippen molar-refractivity contribution < 1.29 is 0 Å². The SMILES string of the molecule is NC(=S)c1cc2ccccc2nc1NCCN1CCCC1. The average Bonchev–Trinajstić information content (AvgIpc) is 2.99. The molecule has 21 heavy (non-hydrogen) atoms. The Kier molecular flexibility index (Phi) is 4.31. The van der Waals surface area contributed by atoms with Crippen LogP contribution >= 0.6 is 12.2 Å². The van der Waals surface area contributed by atoms with Crippen LogP contribution in [0.3, 0.4) is 0 Å². The molecule has 2 heterocycles. The van der Waals surface area contributed by atoms with Crippen molar-refractivity contribution in [2.75, 3.05) is 31.5 Å². The fourth-order valence-electron chi connectivity index (χ4n) is 2.78. The molecule has 5 heteroatoms. The highest BCUT2D eigenvalue weighted by atomic mass is 32.1. The maximum absolute atomic E-state index is 5.84. The third-order valence-electron chi connectivity index (χ3n) is 3.91. The van der Waals surface area contributed by atoms with E-state index in [2.05, 4.69) is 15.2 Å².